The third-order valence-electron chi connectivity index (χ3n) is 3.74. The molecule has 1 aliphatic rings. The Labute approximate surface area is 100 Å². The topological polar surface area (TPSA) is 35.5 Å². The second-order valence-electron chi connectivity index (χ2n) is 5.52. The molecule has 2 unspecified atom stereocenters. The number of nitrogens with zero attached hydrogens (tertiary/aromatic N) is 1. The molecular weight excluding hydrogens is 200 g/mol. The van der Waals surface area contributed by atoms with E-state index in [0.717, 1.165) is 25.6 Å². The maximum atomic E-state index is 9.56. The third kappa shape index (κ3) is 4.40. The first-order valence-corrected chi connectivity index (χ1v) is 6.66. The van der Waals surface area contributed by atoms with Crippen LogP contribution in [-0.2, 0) is 0 Å². The molecule has 3 heteroatoms. The van der Waals surface area contributed by atoms with Crippen molar-refractivity contribution in [2.24, 2.45) is 5.92 Å². The molecule has 0 radical (unpaired) electrons. The maximum absolute atomic E-state index is 9.56. The van der Waals surface area contributed by atoms with Gasteiger partial charge in [0.25, 0.3) is 0 Å². The van der Waals surface area contributed by atoms with Crippen molar-refractivity contribution in [3.63, 3.8) is 0 Å². The van der Waals surface area contributed by atoms with E-state index < -0.39 is 0 Å². The number of aliphatic hydroxyl groups is 1. The van der Waals surface area contributed by atoms with Gasteiger partial charge < -0.3 is 10.4 Å². The van der Waals surface area contributed by atoms with E-state index in [1.807, 2.05) is 6.92 Å². The SMILES string of the molecule is CC(C)NCC1CCN(C(C)C(C)O)CC1. The number of piperidine rings is 1. The number of hydrogen-bond acceptors (Lipinski definition) is 3. The van der Waals surface area contributed by atoms with Gasteiger partial charge in [0, 0.05) is 12.1 Å². The average Bonchev–Trinajstić information content (AvgIpc) is 2.26. The van der Waals surface area contributed by atoms with Crippen molar-refractivity contribution in [1.82, 2.24) is 10.2 Å². The lowest BCUT2D eigenvalue weighted by molar-refractivity contribution is 0.0480. The van der Waals surface area contributed by atoms with Crippen LogP contribution in [0.2, 0.25) is 0 Å². The summed E-state index contributed by atoms with van der Waals surface area (Å²) in [5, 5.41) is 13.1. The summed E-state index contributed by atoms with van der Waals surface area (Å²) in [4.78, 5) is 2.41. The Bertz CT molecular complexity index is 186. The standard InChI is InChI=1S/C13H28N2O/c1-10(2)14-9-13-5-7-15(8-6-13)11(3)12(4)16/h10-14,16H,5-9H2,1-4H3. The molecule has 16 heavy (non-hydrogen) atoms. The highest BCUT2D eigenvalue weighted by Gasteiger charge is 2.24. The van der Waals surface area contributed by atoms with Gasteiger partial charge in [-0.3, -0.25) is 4.90 Å². The van der Waals surface area contributed by atoms with Gasteiger partial charge in [-0.05, 0) is 52.2 Å². The van der Waals surface area contributed by atoms with Gasteiger partial charge in [0.15, 0.2) is 0 Å². The first-order valence-electron chi connectivity index (χ1n) is 6.66. The molecule has 0 bridgehead atoms. The van der Waals surface area contributed by atoms with Crippen LogP contribution >= 0.6 is 0 Å². The highest BCUT2D eigenvalue weighted by molar-refractivity contribution is 4.79. The molecule has 1 fully saturated rings. The molecule has 1 saturated heterocycles. The molecule has 96 valence electrons. The average molecular weight is 228 g/mol. The lowest BCUT2D eigenvalue weighted by Crippen LogP contribution is -2.46. The third-order valence-corrected chi connectivity index (χ3v) is 3.74. The molecule has 1 aliphatic heterocycles. The lowest BCUT2D eigenvalue weighted by Gasteiger charge is -2.37. The second kappa shape index (κ2) is 6.58. The quantitative estimate of drug-likeness (QED) is 0.748. The van der Waals surface area contributed by atoms with Crippen LogP contribution < -0.4 is 5.32 Å². The van der Waals surface area contributed by atoms with Crippen LogP contribution in [0.4, 0.5) is 0 Å². The molecule has 1 rings (SSSR count). The monoisotopic (exact) mass is 228 g/mol. The molecule has 0 amide bonds. The molecule has 2 N–H and O–H groups in total. The van der Waals surface area contributed by atoms with Crippen LogP contribution in [0, 0.1) is 5.92 Å². The Hall–Kier alpha value is -0.120. The van der Waals surface area contributed by atoms with E-state index in [9.17, 15) is 5.11 Å². The highest BCUT2D eigenvalue weighted by atomic mass is 16.3. The molecule has 0 saturated carbocycles. The minimum Gasteiger partial charge on any atom is -0.392 e. The van der Waals surface area contributed by atoms with E-state index in [-0.39, 0.29) is 6.10 Å². The van der Waals surface area contributed by atoms with E-state index in [2.05, 4.69) is 31.0 Å². The van der Waals surface area contributed by atoms with Gasteiger partial charge in [0.1, 0.15) is 0 Å². The smallest absolute Gasteiger partial charge is 0.0664 e. The fourth-order valence-electron chi connectivity index (χ4n) is 2.27. The van der Waals surface area contributed by atoms with Crippen molar-refractivity contribution in [2.75, 3.05) is 19.6 Å². The summed E-state index contributed by atoms with van der Waals surface area (Å²) in [6, 6.07) is 0.897. The Morgan fingerprint density at radius 1 is 1.19 bits per heavy atom. The lowest BCUT2D eigenvalue weighted by atomic mass is 9.95. The molecule has 0 aliphatic carbocycles. The van der Waals surface area contributed by atoms with E-state index in [1.165, 1.54) is 12.8 Å². The fourth-order valence-corrected chi connectivity index (χ4v) is 2.27. The van der Waals surface area contributed by atoms with Crippen LogP contribution in [0.1, 0.15) is 40.5 Å². The number of aliphatic hydroxyl groups excluding tert-OH is 1. The van der Waals surface area contributed by atoms with Crippen LogP contribution in [0.5, 0.6) is 0 Å². The summed E-state index contributed by atoms with van der Waals surface area (Å²) in [7, 11) is 0. The van der Waals surface area contributed by atoms with Crippen molar-refractivity contribution in [3.8, 4) is 0 Å². The molecular formula is C13H28N2O. The van der Waals surface area contributed by atoms with Crippen molar-refractivity contribution in [1.29, 1.82) is 0 Å². The van der Waals surface area contributed by atoms with Crippen LogP contribution in [0.15, 0.2) is 0 Å². The highest BCUT2D eigenvalue weighted by Crippen LogP contribution is 2.19. The van der Waals surface area contributed by atoms with Gasteiger partial charge in [-0.15, -0.1) is 0 Å². The van der Waals surface area contributed by atoms with Crippen LogP contribution in [0.25, 0.3) is 0 Å². The predicted octanol–water partition coefficient (Wildman–Crippen LogP) is 1.47. The van der Waals surface area contributed by atoms with Crippen molar-refractivity contribution in [3.05, 3.63) is 0 Å². The number of nitrogens with one attached hydrogen (secondary N) is 1. The fraction of sp³-hybridized carbons (Fsp3) is 1.00. The summed E-state index contributed by atoms with van der Waals surface area (Å²) in [5.74, 6) is 0.819. The molecule has 0 aromatic heterocycles. The summed E-state index contributed by atoms with van der Waals surface area (Å²) >= 11 is 0. The zero-order valence-corrected chi connectivity index (χ0v) is 11.2. The Balaban J connectivity index is 2.23. The zero-order valence-electron chi connectivity index (χ0n) is 11.2. The zero-order chi connectivity index (χ0) is 12.1. The van der Waals surface area contributed by atoms with Crippen LogP contribution in [-0.4, -0.2) is 47.8 Å². The van der Waals surface area contributed by atoms with Crippen molar-refractivity contribution >= 4 is 0 Å². The van der Waals surface area contributed by atoms with Gasteiger partial charge in [-0.25, -0.2) is 0 Å². The largest absolute Gasteiger partial charge is 0.392 e. The summed E-state index contributed by atoms with van der Waals surface area (Å²) in [6.07, 6.45) is 2.30. The minimum absolute atomic E-state index is 0.217. The number of rotatable bonds is 5. The van der Waals surface area contributed by atoms with Crippen LogP contribution in [0.3, 0.4) is 0 Å². The summed E-state index contributed by atoms with van der Waals surface area (Å²) in [6.45, 7) is 11.8. The van der Waals surface area contributed by atoms with E-state index in [1.54, 1.807) is 0 Å². The molecule has 0 aromatic rings. The molecule has 2 atom stereocenters. The molecule has 0 spiro atoms. The Morgan fingerprint density at radius 2 is 1.75 bits per heavy atom. The minimum atomic E-state index is -0.217. The van der Waals surface area contributed by atoms with E-state index >= 15 is 0 Å². The maximum Gasteiger partial charge on any atom is 0.0664 e. The van der Waals surface area contributed by atoms with Gasteiger partial charge in [-0.1, -0.05) is 13.8 Å². The van der Waals surface area contributed by atoms with E-state index in [0.29, 0.717) is 12.1 Å². The normalized spacial score (nSPS) is 23.6. The Morgan fingerprint density at radius 3 is 2.19 bits per heavy atom. The van der Waals surface area contributed by atoms with Crippen molar-refractivity contribution in [2.45, 2.75) is 58.7 Å². The number of likely N-dealkylation sites (tertiary alicyclic amines) is 1. The van der Waals surface area contributed by atoms with Gasteiger partial charge >= 0.3 is 0 Å². The molecule has 1 heterocycles. The van der Waals surface area contributed by atoms with Crippen molar-refractivity contribution < 1.29 is 5.11 Å². The predicted molar refractivity (Wildman–Crippen MR) is 68.6 cm³/mol. The van der Waals surface area contributed by atoms with E-state index in [4.69, 9.17) is 0 Å². The molecule has 3 nitrogen and oxygen atoms in total. The first-order chi connectivity index (χ1) is 7.50. The van der Waals surface area contributed by atoms with Gasteiger partial charge in [0.2, 0.25) is 0 Å². The van der Waals surface area contributed by atoms with Gasteiger partial charge in [0.05, 0.1) is 6.10 Å². The first kappa shape index (κ1) is 13.9. The molecule has 0 aromatic carbocycles. The summed E-state index contributed by atoms with van der Waals surface area (Å²) in [5.41, 5.74) is 0. The number of hydrogen-bond donors (Lipinski definition) is 2. The Kier molecular flexibility index (Phi) is 5.73. The second-order valence-corrected chi connectivity index (χ2v) is 5.52. The summed E-state index contributed by atoms with van der Waals surface area (Å²) < 4.78 is 0. The van der Waals surface area contributed by atoms with Gasteiger partial charge in [-0.2, -0.15) is 0 Å².